The molecule has 0 atom stereocenters. The van der Waals surface area contributed by atoms with E-state index in [0.29, 0.717) is 6.61 Å². The van der Waals surface area contributed by atoms with E-state index in [1.165, 1.54) is 12.5 Å². The van der Waals surface area contributed by atoms with Gasteiger partial charge in [0.05, 0.1) is 0 Å². The number of ether oxygens (including phenoxy) is 1. The van der Waals surface area contributed by atoms with Crippen molar-refractivity contribution < 1.29 is 9.53 Å². The van der Waals surface area contributed by atoms with Crippen LogP contribution >= 0.6 is 0 Å². The summed E-state index contributed by atoms with van der Waals surface area (Å²) in [5.41, 5.74) is 2.45. The number of carbonyl (C=O) groups excluding carboxylic acids is 1. The fourth-order valence-electron chi connectivity index (χ4n) is 1.27. The van der Waals surface area contributed by atoms with Crippen LogP contribution in [0.2, 0.25) is 0 Å². The summed E-state index contributed by atoms with van der Waals surface area (Å²) in [6.07, 6.45) is 4.84. The standard InChI is InChI=1S/C13H16O2/c1-3-12-6-4-7-13(10-12)8-5-9-15-11(2)14/h4-8,10H,3,9H2,1-2H3/b8-5+. The molecule has 1 aromatic carbocycles. The van der Waals surface area contributed by atoms with Gasteiger partial charge in [0.25, 0.3) is 0 Å². The lowest BCUT2D eigenvalue weighted by molar-refractivity contribution is -0.139. The average Bonchev–Trinajstić information content (AvgIpc) is 2.24. The van der Waals surface area contributed by atoms with Crippen molar-refractivity contribution in [3.8, 4) is 0 Å². The predicted molar refractivity (Wildman–Crippen MR) is 61.5 cm³/mol. The minimum absolute atomic E-state index is 0.248. The molecule has 2 nitrogen and oxygen atoms in total. The van der Waals surface area contributed by atoms with Crippen molar-refractivity contribution in [3.63, 3.8) is 0 Å². The number of esters is 1. The van der Waals surface area contributed by atoms with Crippen molar-refractivity contribution in [3.05, 3.63) is 41.5 Å². The van der Waals surface area contributed by atoms with Gasteiger partial charge in [0.15, 0.2) is 0 Å². The molecule has 1 rings (SSSR count). The Morgan fingerprint density at radius 1 is 1.47 bits per heavy atom. The molecule has 0 spiro atoms. The van der Waals surface area contributed by atoms with Crippen LogP contribution in [0.5, 0.6) is 0 Å². The second-order valence-corrected chi connectivity index (χ2v) is 3.30. The van der Waals surface area contributed by atoms with Crippen LogP contribution in [-0.4, -0.2) is 12.6 Å². The van der Waals surface area contributed by atoms with Crippen LogP contribution < -0.4 is 0 Å². The molecule has 80 valence electrons. The largest absolute Gasteiger partial charge is 0.462 e. The Labute approximate surface area is 90.6 Å². The van der Waals surface area contributed by atoms with Crippen LogP contribution in [0.4, 0.5) is 0 Å². The normalized spacial score (nSPS) is 10.5. The lowest BCUT2D eigenvalue weighted by Crippen LogP contribution is -1.97. The van der Waals surface area contributed by atoms with E-state index in [1.807, 2.05) is 24.3 Å². The third-order valence-electron chi connectivity index (χ3n) is 2.05. The van der Waals surface area contributed by atoms with Gasteiger partial charge in [0, 0.05) is 6.92 Å². The van der Waals surface area contributed by atoms with Gasteiger partial charge in [0.1, 0.15) is 6.61 Å². The summed E-state index contributed by atoms with van der Waals surface area (Å²) in [4.78, 5) is 10.5. The summed E-state index contributed by atoms with van der Waals surface area (Å²) in [5, 5.41) is 0. The molecule has 0 fully saturated rings. The second kappa shape index (κ2) is 6.02. The van der Waals surface area contributed by atoms with Gasteiger partial charge in [-0.25, -0.2) is 0 Å². The van der Waals surface area contributed by atoms with E-state index in [2.05, 4.69) is 19.1 Å². The SMILES string of the molecule is CCc1cccc(/C=C/COC(C)=O)c1. The third kappa shape index (κ3) is 4.45. The lowest BCUT2D eigenvalue weighted by atomic mass is 10.1. The summed E-state index contributed by atoms with van der Waals surface area (Å²) in [6, 6.07) is 8.29. The highest BCUT2D eigenvalue weighted by atomic mass is 16.5. The van der Waals surface area contributed by atoms with E-state index in [4.69, 9.17) is 4.74 Å². The van der Waals surface area contributed by atoms with Crippen molar-refractivity contribution in [2.24, 2.45) is 0 Å². The molecule has 0 heterocycles. The Morgan fingerprint density at radius 3 is 2.93 bits per heavy atom. The molecule has 2 heteroatoms. The molecular weight excluding hydrogens is 188 g/mol. The van der Waals surface area contributed by atoms with E-state index in [1.54, 1.807) is 0 Å². The smallest absolute Gasteiger partial charge is 0.302 e. The highest BCUT2D eigenvalue weighted by molar-refractivity contribution is 5.66. The summed E-state index contributed by atoms with van der Waals surface area (Å²) >= 11 is 0. The maximum Gasteiger partial charge on any atom is 0.302 e. The number of carbonyl (C=O) groups is 1. The summed E-state index contributed by atoms with van der Waals surface area (Å²) < 4.78 is 4.79. The van der Waals surface area contributed by atoms with Gasteiger partial charge in [-0.1, -0.05) is 37.3 Å². The maximum atomic E-state index is 10.5. The predicted octanol–water partition coefficient (Wildman–Crippen LogP) is 2.83. The number of hydrogen-bond acceptors (Lipinski definition) is 2. The van der Waals surface area contributed by atoms with Gasteiger partial charge in [-0.05, 0) is 23.6 Å². The van der Waals surface area contributed by atoms with Gasteiger partial charge >= 0.3 is 5.97 Å². The molecule has 0 N–H and O–H groups in total. The Morgan fingerprint density at radius 2 is 2.27 bits per heavy atom. The van der Waals surface area contributed by atoms with Crippen LogP contribution in [0, 0.1) is 0 Å². The molecule has 0 saturated heterocycles. The van der Waals surface area contributed by atoms with E-state index < -0.39 is 0 Å². The van der Waals surface area contributed by atoms with E-state index in [-0.39, 0.29) is 5.97 Å². The van der Waals surface area contributed by atoms with E-state index in [0.717, 1.165) is 12.0 Å². The number of aryl methyl sites for hydroxylation is 1. The molecule has 0 bridgehead atoms. The lowest BCUT2D eigenvalue weighted by Gasteiger charge is -1.98. The summed E-state index contributed by atoms with van der Waals surface area (Å²) in [7, 11) is 0. The van der Waals surface area contributed by atoms with E-state index in [9.17, 15) is 4.79 Å². The molecule has 0 amide bonds. The monoisotopic (exact) mass is 204 g/mol. The zero-order valence-electron chi connectivity index (χ0n) is 9.19. The van der Waals surface area contributed by atoms with Gasteiger partial charge in [0.2, 0.25) is 0 Å². The second-order valence-electron chi connectivity index (χ2n) is 3.30. The number of hydrogen-bond donors (Lipinski definition) is 0. The first-order chi connectivity index (χ1) is 7.22. The van der Waals surface area contributed by atoms with Crippen molar-refractivity contribution in [1.82, 2.24) is 0 Å². The molecule has 15 heavy (non-hydrogen) atoms. The van der Waals surface area contributed by atoms with Crippen LogP contribution in [0.1, 0.15) is 25.0 Å². The quantitative estimate of drug-likeness (QED) is 0.705. The minimum Gasteiger partial charge on any atom is -0.462 e. The molecule has 0 aliphatic heterocycles. The molecule has 0 radical (unpaired) electrons. The first kappa shape index (κ1) is 11.5. The van der Waals surface area contributed by atoms with Crippen LogP contribution in [-0.2, 0) is 16.0 Å². The van der Waals surface area contributed by atoms with Crippen molar-refractivity contribution in [2.45, 2.75) is 20.3 Å². The summed E-state index contributed by atoms with van der Waals surface area (Å²) in [6.45, 7) is 3.87. The average molecular weight is 204 g/mol. The molecule has 0 unspecified atom stereocenters. The highest BCUT2D eigenvalue weighted by Gasteiger charge is 1.91. The van der Waals surface area contributed by atoms with Gasteiger partial charge in [-0.2, -0.15) is 0 Å². The topological polar surface area (TPSA) is 26.3 Å². The number of rotatable bonds is 4. The Bertz CT molecular complexity index is 353. The molecule has 0 saturated carbocycles. The summed E-state index contributed by atoms with van der Waals surface area (Å²) in [5.74, 6) is -0.248. The zero-order chi connectivity index (χ0) is 11.1. The van der Waals surface area contributed by atoms with E-state index >= 15 is 0 Å². The molecule has 1 aromatic rings. The van der Waals surface area contributed by atoms with Crippen molar-refractivity contribution >= 4 is 12.0 Å². The van der Waals surface area contributed by atoms with Gasteiger partial charge in [-0.3, -0.25) is 4.79 Å². The van der Waals surface area contributed by atoms with Crippen LogP contribution in [0.3, 0.4) is 0 Å². The molecular formula is C13H16O2. The zero-order valence-corrected chi connectivity index (χ0v) is 9.19. The van der Waals surface area contributed by atoms with Gasteiger partial charge < -0.3 is 4.74 Å². The Kier molecular flexibility index (Phi) is 4.61. The minimum atomic E-state index is -0.248. The third-order valence-corrected chi connectivity index (χ3v) is 2.05. The van der Waals surface area contributed by atoms with Gasteiger partial charge in [-0.15, -0.1) is 0 Å². The first-order valence-electron chi connectivity index (χ1n) is 5.11. The van der Waals surface area contributed by atoms with Crippen molar-refractivity contribution in [1.29, 1.82) is 0 Å². The number of benzene rings is 1. The fourth-order valence-corrected chi connectivity index (χ4v) is 1.27. The Balaban J connectivity index is 2.52. The fraction of sp³-hybridized carbons (Fsp3) is 0.308. The maximum absolute atomic E-state index is 10.5. The molecule has 0 aliphatic rings. The first-order valence-corrected chi connectivity index (χ1v) is 5.11. The molecule has 0 aliphatic carbocycles. The molecule has 0 aromatic heterocycles. The van der Waals surface area contributed by atoms with Crippen LogP contribution in [0.25, 0.3) is 6.08 Å². The van der Waals surface area contributed by atoms with Crippen molar-refractivity contribution in [2.75, 3.05) is 6.61 Å². The Hall–Kier alpha value is -1.57. The highest BCUT2D eigenvalue weighted by Crippen LogP contribution is 2.07. The van der Waals surface area contributed by atoms with Crippen LogP contribution in [0.15, 0.2) is 30.3 Å².